The number of fused-ring (bicyclic) bond motifs is 2. The maximum absolute atomic E-state index is 2.56. The van der Waals surface area contributed by atoms with E-state index in [4.69, 9.17) is 0 Å². The molecule has 0 saturated heterocycles. The van der Waals surface area contributed by atoms with Crippen LogP contribution in [0.5, 0.6) is 0 Å². The average Bonchev–Trinajstić information content (AvgIpc) is 3.07. The molecular weight excluding hydrogens is 387 g/mol. The Bertz CT molecular complexity index is 710. The standard InChI is InChI=1S/C14H11S2.3CH3.Sn/c1-3-11(13-9(1)5-7-15-13)12-4-2-10-6-8-16-14(10)12;;;;/h5-7H,1-4H2;3*1H3;/b12-11+;;;;. The van der Waals surface area contributed by atoms with Crippen LogP contribution in [0.3, 0.4) is 0 Å². The summed E-state index contributed by atoms with van der Waals surface area (Å²) in [5.74, 6) is 0. The molecule has 0 radical (unpaired) electrons. The van der Waals surface area contributed by atoms with E-state index in [-0.39, 0.29) is 0 Å². The van der Waals surface area contributed by atoms with E-state index in [1.165, 1.54) is 25.7 Å². The van der Waals surface area contributed by atoms with Gasteiger partial charge in [-0.2, -0.15) is 0 Å². The van der Waals surface area contributed by atoms with E-state index in [1.54, 1.807) is 34.9 Å². The van der Waals surface area contributed by atoms with E-state index in [9.17, 15) is 0 Å². The molecular formula is C17H20S2Sn. The van der Waals surface area contributed by atoms with Crippen LogP contribution >= 0.6 is 22.7 Å². The molecule has 2 aromatic rings. The third kappa shape index (κ3) is 2.06. The maximum atomic E-state index is 2.56. The van der Waals surface area contributed by atoms with Gasteiger partial charge in [-0.1, -0.05) is 0 Å². The number of aryl methyl sites for hydroxylation is 2. The molecule has 2 heterocycles. The van der Waals surface area contributed by atoms with Crippen molar-refractivity contribution in [1.82, 2.24) is 0 Å². The van der Waals surface area contributed by atoms with Crippen LogP contribution < -0.4 is 2.89 Å². The molecule has 4 rings (SSSR count). The Morgan fingerprint density at radius 2 is 1.60 bits per heavy atom. The Hall–Kier alpha value is -0.0613. The van der Waals surface area contributed by atoms with Crippen molar-refractivity contribution in [3.8, 4) is 0 Å². The number of hydrogen-bond acceptors (Lipinski definition) is 2. The Kier molecular flexibility index (Phi) is 3.21. The van der Waals surface area contributed by atoms with Crippen molar-refractivity contribution in [2.24, 2.45) is 0 Å². The molecule has 0 bridgehead atoms. The first-order chi connectivity index (χ1) is 9.54. The third-order valence-electron chi connectivity index (χ3n) is 4.50. The van der Waals surface area contributed by atoms with Gasteiger partial charge in [0.15, 0.2) is 0 Å². The van der Waals surface area contributed by atoms with Crippen LogP contribution in [-0.2, 0) is 12.8 Å². The third-order valence-corrected chi connectivity index (χ3v) is 16.2. The number of allylic oxidation sites excluding steroid dienone is 2. The molecule has 20 heavy (non-hydrogen) atoms. The van der Waals surface area contributed by atoms with E-state index in [0.717, 1.165) is 0 Å². The number of thiophene rings is 2. The number of hydrogen-bond donors (Lipinski definition) is 0. The fraction of sp³-hybridized carbons (Fsp3) is 0.412. The van der Waals surface area contributed by atoms with Crippen LogP contribution in [0, 0.1) is 0 Å². The van der Waals surface area contributed by atoms with Crippen molar-refractivity contribution < 1.29 is 0 Å². The van der Waals surface area contributed by atoms with Crippen LogP contribution in [0.4, 0.5) is 0 Å². The molecule has 2 aliphatic carbocycles. The molecule has 0 nitrogen and oxygen atoms in total. The second-order valence-electron chi connectivity index (χ2n) is 6.95. The summed E-state index contributed by atoms with van der Waals surface area (Å²) in [4.78, 5) is 10.9. The fourth-order valence-electron chi connectivity index (χ4n) is 3.36. The van der Waals surface area contributed by atoms with Crippen molar-refractivity contribution >= 4 is 55.1 Å². The van der Waals surface area contributed by atoms with Gasteiger partial charge < -0.3 is 0 Å². The molecule has 0 spiro atoms. The molecule has 0 aromatic carbocycles. The van der Waals surface area contributed by atoms with Crippen molar-refractivity contribution in [1.29, 1.82) is 0 Å². The molecule has 2 aliphatic rings. The Morgan fingerprint density at radius 3 is 2.35 bits per heavy atom. The van der Waals surface area contributed by atoms with Crippen LogP contribution in [0.1, 0.15) is 33.7 Å². The van der Waals surface area contributed by atoms with E-state index < -0.39 is 18.4 Å². The average molecular weight is 407 g/mol. The van der Waals surface area contributed by atoms with Crippen LogP contribution in [0.25, 0.3) is 11.1 Å². The zero-order valence-corrected chi connectivity index (χ0v) is 16.9. The van der Waals surface area contributed by atoms with Gasteiger partial charge >= 0.3 is 134 Å². The Morgan fingerprint density at radius 1 is 0.900 bits per heavy atom. The van der Waals surface area contributed by atoms with Crippen LogP contribution in [0.15, 0.2) is 17.5 Å². The summed E-state index contributed by atoms with van der Waals surface area (Å²) in [5.41, 5.74) is 6.64. The minimum atomic E-state index is -1.89. The molecule has 0 amide bonds. The predicted molar refractivity (Wildman–Crippen MR) is 95.1 cm³/mol. The molecule has 104 valence electrons. The fourth-order valence-corrected chi connectivity index (χ4v) is 11.0. The second kappa shape index (κ2) is 4.72. The van der Waals surface area contributed by atoms with E-state index in [1.807, 2.05) is 11.3 Å². The molecule has 0 atom stereocenters. The normalized spacial score (nSPS) is 21.4. The molecule has 3 heteroatoms. The molecule has 0 fully saturated rings. The van der Waals surface area contributed by atoms with Gasteiger partial charge in [-0.3, -0.25) is 0 Å². The summed E-state index contributed by atoms with van der Waals surface area (Å²) in [7, 11) is 0. The summed E-state index contributed by atoms with van der Waals surface area (Å²) in [6, 6.07) is 4.89. The summed E-state index contributed by atoms with van der Waals surface area (Å²) in [6.45, 7) is 0. The van der Waals surface area contributed by atoms with Crippen molar-refractivity contribution in [2.45, 2.75) is 40.5 Å². The minimum absolute atomic E-state index is 1.27. The van der Waals surface area contributed by atoms with Crippen LogP contribution in [-0.4, -0.2) is 18.4 Å². The first-order valence-corrected chi connectivity index (χ1v) is 19.1. The summed E-state index contributed by atoms with van der Waals surface area (Å²) in [6.07, 6.45) is 5.12. The van der Waals surface area contributed by atoms with E-state index in [0.29, 0.717) is 0 Å². The quantitative estimate of drug-likeness (QED) is 0.574. The van der Waals surface area contributed by atoms with Gasteiger partial charge in [-0.15, -0.1) is 0 Å². The van der Waals surface area contributed by atoms with Gasteiger partial charge in [0, 0.05) is 0 Å². The molecule has 0 unspecified atom stereocenters. The van der Waals surface area contributed by atoms with Gasteiger partial charge in [0.25, 0.3) is 0 Å². The van der Waals surface area contributed by atoms with Crippen molar-refractivity contribution in [2.75, 3.05) is 0 Å². The summed E-state index contributed by atoms with van der Waals surface area (Å²) in [5, 5.41) is 2.27. The topological polar surface area (TPSA) is 0 Å². The Balaban J connectivity index is 1.84. The van der Waals surface area contributed by atoms with Crippen LogP contribution in [0.2, 0.25) is 14.8 Å². The van der Waals surface area contributed by atoms with Gasteiger partial charge in [-0.05, 0) is 0 Å². The first kappa shape index (κ1) is 13.6. The molecule has 0 aliphatic heterocycles. The van der Waals surface area contributed by atoms with Gasteiger partial charge in [0.1, 0.15) is 0 Å². The summed E-state index contributed by atoms with van der Waals surface area (Å²) >= 11 is 2.20. The second-order valence-corrected chi connectivity index (χ2v) is 24.3. The number of rotatable bonds is 1. The zero-order chi connectivity index (χ0) is 13.9. The molecule has 2 aromatic heterocycles. The Labute approximate surface area is 133 Å². The monoisotopic (exact) mass is 408 g/mol. The molecule has 0 saturated carbocycles. The zero-order valence-electron chi connectivity index (χ0n) is 12.4. The van der Waals surface area contributed by atoms with E-state index >= 15 is 0 Å². The van der Waals surface area contributed by atoms with Crippen molar-refractivity contribution in [3.63, 3.8) is 0 Å². The SMILES string of the molecule is [CH3][Sn]([CH3])([CH3])[c]1cc2c(s1)/C(=C1\CCc3ccsc31)CC2. The van der Waals surface area contributed by atoms with E-state index in [2.05, 4.69) is 43.7 Å². The molecule has 0 N–H and O–H groups in total. The van der Waals surface area contributed by atoms with Gasteiger partial charge in [0.05, 0.1) is 0 Å². The summed E-state index contributed by atoms with van der Waals surface area (Å²) < 4.78 is 1.76. The predicted octanol–water partition coefficient (Wildman–Crippen LogP) is 5.16. The van der Waals surface area contributed by atoms with Gasteiger partial charge in [0.2, 0.25) is 0 Å². The first-order valence-electron chi connectivity index (χ1n) is 7.46. The van der Waals surface area contributed by atoms with Crippen molar-refractivity contribution in [3.05, 3.63) is 38.4 Å². The van der Waals surface area contributed by atoms with Gasteiger partial charge in [-0.25, -0.2) is 0 Å².